The number of benzene rings is 2. The standard InChI is InChI=1S/C22H19FN2O3S/c1-12-19-15(23)7-5-9-18(19)29-20(12)21(26)25-17(22(27)28-2)10-13-11-24-16-8-4-3-6-14(13)16/h3-9,11,17,24H,10H2,1-2H3,(H,25,26). The van der Waals surface area contributed by atoms with Gasteiger partial charge in [0, 0.05) is 33.6 Å². The molecule has 2 aromatic heterocycles. The molecule has 0 radical (unpaired) electrons. The maximum absolute atomic E-state index is 14.2. The molecule has 7 heteroatoms. The highest BCUT2D eigenvalue weighted by atomic mass is 32.1. The fourth-order valence-electron chi connectivity index (χ4n) is 3.55. The van der Waals surface area contributed by atoms with E-state index in [9.17, 15) is 14.0 Å². The number of carbonyl (C=O) groups excluding carboxylic acids is 2. The number of hydrogen-bond donors (Lipinski definition) is 2. The van der Waals surface area contributed by atoms with Crippen molar-refractivity contribution in [3.63, 3.8) is 0 Å². The fourth-order valence-corrected chi connectivity index (χ4v) is 4.68. The number of fused-ring (bicyclic) bond motifs is 2. The van der Waals surface area contributed by atoms with E-state index in [0.29, 0.717) is 20.5 Å². The van der Waals surface area contributed by atoms with E-state index in [1.54, 1.807) is 19.1 Å². The van der Waals surface area contributed by atoms with Gasteiger partial charge in [-0.2, -0.15) is 0 Å². The molecule has 0 bridgehead atoms. The lowest BCUT2D eigenvalue weighted by atomic mass is 10.0. The van der Waals surface area contributed by atoms with Crippen LogP contribution in [0.25, 0.3) is 21.0 Å². The Morgan fingerprint density at radius 3 is 2.76 bits per heavy atom. The zero-order valence-corrected chi connectivity index (χ0v) is 16.7. The van der Waals surface area contributed by atoms with Gasteiger partial charge in [0.05, 0.1) is 12.0 Å². The zero-order valence-electron chi connectivity index (χ0n) is 15.9. The predicted molar refractivity (Wildman–Crippen MR) is 112 cm³/mol. The minimum absolute atomic E-state index is 0.279. The molecule has 0 aliphatic rings. The van der Waals surface area contributed by atoms with Crippen molar-refractivity contribution in [2.45, 2.75) is 19.4 Å². The number of aryl methyl sites for hydroxylation is 1. The summed E-state index contributed by atoms with van der Waals surface area (Å²) in [6.07, 6.45) is 2.10. The summed E-state index contributed by atoms with van der Waals surface area (Å²) < 4.78 is 19.8. The zero-order chi connectivity index (χ0) is 20.5. The lowest BCUT2D eigenvalue weighted by Gasteiger charge is -2.16. The number of ether oxygens (including phenoxy) is 1. The van der Waals surface area contributed by atoms with Gasteiger partial charge in [0.25, 0.3) is 5.91 Å². The number of rotatable bonds is 5. The monoisotopic (exact) mass is 410 g/mol. The number of hydrogen-bond acceptors (Lipinski definition) is 4. The number of carbonyl (C=O) groups is 2. The maximum atomic E-state index is 14.2. The van der Waals surface area contributed by atoms with Crippen molar-refractivity contribution < 1.29 is 18.7 Å². The van der Waals surface area contributed by atoms with E-state index in [4.69, 9.17) is 4.74 Å². The number of aromatic nitrogens is 1. The van der Waals surface area contributed by atoms with Crippen LogP contribution < -0.4 is 5.32 Å². The quantitative estimate of drug-likeness (QED) is 0.481. The van der Waals surface area contributed by atoms with E-state index in [0.717, 1.165) is 16.5 Å². The molecule has 0 fully saturated rings. The van der Waals surface area contributed by atoms with Gasteiger partial charge in [-0.05, 0) is 36.2 Å². The molecular weight excluding hydrogens is 391 g/mol. The number of nitrogens with one attached hydrogen (secondary N) is 2. The van der Waals surface area contributed by atoms with Crippen molar-refractivity contribution >= 4 is 44.2 Å². The predicted octanol–water partition coefficient (Wildman–Crippen LogP) is 4.34. The highest BCUT2D eigenvalue weighted by molar-refractivity contribution is 7.21. The van der Waals surface area contributed by atoms with Crippen LogP contribution in [0, 0.1) is 12.7 Å². The van der Waals surface area contributed by atoms with Crippen LogP contribution in [-0.2, 0) is 16.0 Å². The van der Waals surface area contributed by atoms with Gasteiger partial charge >= 0.3 is 5.97 Å². The average Bonchev–Trinajstić information content (AvgIpc) is 3.29. The molecule has 2 aromatic carbocycles. The lowest BCUT2D eigenvalue weighted by molar-refractivity contribution is -0.142. The van der Waals surface area contributed by atoms with Crippen LogP contribution in [0.4, 0.5) is 4.39 Å². The van der Waals surface area contributed by atoms with Crippen LogP contribution in [-0.4, -0.2) is 30.0 Å². The van der Waals surface area contributed by atoms with Crippen molar-refractivity contribution in [1.29, 1.82) is 0 Å². The van der Waals surface area contributed by atoms with Crippen LogP contribution >= 0.6 is 11.3 Å². The Morgan fingerprint density at radius 2 is 2.00 bits per heavy atom. The van der Waals surface area contributed by atoms with Crippen molar-refractivity contribution in [3.8, 4) is 0 Å². The first-order chi connectivity index (χ1) is 14.0. The maximum Gasteiger partial charge on any atom is 0.328 e. The van der Waals surface area contributed by atoms with Crippen molar-refractivity contribution in [2.75, 3.05) is 7.11 Å². The van der Waals surface area contributed by atoms with Gasteiger partial charge in [0.2, 0.25) is 0 Å². The molecule has 4 rings (SSSR count). The normalized spacial score (nSPS) is 12.2. The second-order valence-electron chi connectivity index (χ2n) is 6.78. The highest BCUT2D eigenvalue weighted by Crippen LogP contribution is 2.32. The number of halogens is 1. The van der Waals surface area contributed by atoms with E-state index < -0.39 is 17.9 Å². The first-order valence-electron chi connectivity index (χ1n) is 9.11. The summed E-state index contributed by atoms with van der Waals surface area (Å²) in [5.74, 6) is -1.31. The molecule has 2 N–H and O–H groups in total. The minimum Gasteiger partial charge on any atom is -0.467 e. The fraction of sp³-hybridized carbons (Fsp3) is 0.182. The summed E-state index contributed by atoms with van der Waals surface area (Å²) in [6, 6.07) is 11.6. The summed E-state index contributed by atoms with van der Waals surface area (Å²) >= 11 is 1.21. The Labute approximate surface area is 170 Å². The van der Waals surface area contributed by atoms with Gasteiger partial charge in [-0.3, -0.25) is 4.79 Å². The van der Waals surface area contributed by atoms with Crippen molar-refractivity contribution in [2.24, 2.45) is 0 Å². The largest absolute Gasteiger partial charge is 0.467 e. The molecule has 5 nitrogen and oxygen atoms in total. The number of thiophene rings is 1. The van der Waals surface area contributed by atoms with E-state index in [1.165, 1.54) is 24.5 Å². The molecule has 0 saturated heterocycles. The van der Waals surface area contributed by atoms with Gasteiger partial charge < -0.3 is 15.0 Å². The second-order valence-corrected chi connectivity index (χ2v) is 7.83. The minimum atomic E-state index is -0.860. The number of aromatic amines is 1. The first kappa shape index (κ1) is 19.1. The van der Waals surface area contributed by atoms with E-state index in [2.05, 4.69) is 10.3 Å². The molecule has 2 heterocycles. The van der Waals surface area contributed by atoms with Crippen LogP contribution in [0.2, 0.25) is 0 Å². The Hall–Kier alpha value is -3.19. The third kappa shape index (κ3) is 3.49. The topological polar surface area (TPSA) is 71.2 Å². The Balaban J connectivity index is 1.63. The summed E-state index contributed by atoms with van der Waals surface area (Å²) in [6.45, 7) is 1.71. The number of esters is 1. The Morgan fingerprint density at radius 1 is 1.21 bits per heavy atom. The number of amides is 1. The van der Waals surface area contributed by atoms with Crippen molar-refractivity contribution in [1.82, 2.24) is 10.3 Å². The number of para-hydroxylation sites is 1. The van der Waals surface area contributed by atoms with Gasteiger partial charge in [-0.25, -0.2) is 9.18 Å². The average molecular weight is 410 g/mol. The van der Waals surface area contributed by atoms with Gasteiger partial charge in [0.1, 0.15) is 11.9 Å². The second kappa shape index (κ2) is 7.67. The third-order valence-electron chi connectivity index (χ3n) is 5.00. The number of methoxy groups -OCH3 is 1. The molecule has 0 aliphatic heterocycles. The number of H-pyrrole nitrogens is 1. The molecule has 0 aliphatic carbocycles. The summed E-state index contributed by atoms with van der Waals surface area (Å²) in [4.78, 5) is 28.8. The van der Waals surface area contributed by atoms with Crippen LogP contribution in [0.5, 0.6) is 0 Å². The highest BCUT2D eigenvalue weighted by Gasteiger charge is 2.26. The van der Waals surface area contributed by atoms with E-state index in [1.807, 2.05) is 30.5 Å². The van der Waals surface area contributed by atoms with Gasteiger partial charge in [-0.1, -0.05) is 24.3 Å². The van der Waals surface area contributed by atoms with Crippen LogP contribution in [0.15, 0.2) is 48.7 Å². The molecule has 1 amide bonds. The SMILES string of the molecule is COC(=O)C(Cc1c[nH]c2ccccc12)NC(=O)c1sc2cccc(F)c2c1C. The lowest BCUT2D eigenvalue weighted by Crippen LogP contribution is -2.43. The third-order valence-corrected chi connectivity index (χ3v) is 6.26. The first-order valence-corrected chi connectivity index (χ1v) is 9.92. The Kier molecular flexibility index (Phi) is 5.07. The van der Waals surface area contributed by atoms with Gasteiger partial charge in [-0.15, -0.1) is 11.3 Å². The molecular formula is C22H19FN2O3S. The van der Waals surface area contributed by atoms with Crippen LogP contribution in [0.3, 0.4) is 0 Å². The molecule has 4 aromatic rings. The smallest absolute Gasteiger partial charge is 0.328 e. The van der Waals surface area contributed by atoms with Crippen LogP contribution in [0.1, 0.15) is 20.8 Å². The summed E-state index contributed by atoms with van der Waals surface area (Å²) in [5, 5.41) is 4.19. The molecule has 0 spiro atoms. The Bertz CT molecular complexity index is 1230. The molecule has 1 atom stereocenters. The summed E-state index contributed by atoms with van der Waals surface area (Å²) in [7, 11) is 1.29. The van der Waals surface area contributed by atoms with E-state index >= 15 is 0 Å². The van der Waals surface area contributed by atoms with Gasteiger partial charge in [0.15, 0.2) is 0 Å². The van der Waals surface area contributed by atoms with Crippen molar-refractivity contribution in [3.05, 3.63) is 70.5 Å². The summed E-state index contributed by atoms with van der Waals surface area (Å²) in [5.41, 5.74) is 2.42. The molecule has 1 unspecified atom stereocenters. The molecule has 148 valence electrons. The molecule has 29 heavy (non-hydrogen) atoms. The molecule has 0 saturated carbocycles. The van der Waals surface area contributed by atoms with E-state index in [-0.39, 0.29) is 12.2 Å².